The molecule has 100 valence electrons. The fourth-order valence-corrected chi connectivity index (χ4v) is 0. The van der Waals surface area contributed by atoms with Crippen molar-refractivity contribution in [3.63, 3.8) is 0 Å². The van der Waals surface area contributed by atoms with Crippen LogP contribution in [-0.2, 0) is 4.57 Å². The van der Waals surface area contributed by atoms with Crippen LogP contribution in [0.5, 0.6) is 0 Å². The van der Waals surface area contributed by atoms with Gasteiger partial charge in [0.25, 0.3) is 0 Å². The Morgan fingerprint density at radius 2 is 0.667 bits per heavy atom. The van der Waals surface area contributed by atoms with Crippen molar-refractivity contribution in [2.45, 2.75) is 0 Å². The van der Waals surface area contributed by atoms with Crippen LogP contribution in [0.4, 0.5) is 0 Å². The van der Waals surface area contributed by atoms with E-state index in [1.807, 2.05) is 0 Å². The van der Waals surface area contributed by atoms with Gasteiger partial charge in [0, 0.05) is 0 Å². The van der Waals surface area contributed by atoms with Crippen molar-refractivity contribution in [2.75, 3.05) is 0 Å². The summed E-state index contributed by atoms with van der Waals surface area (Å²) in [6, 6.07) is 0. The van der Waals surface area contributed by atoms with Crippen LogP contribution in [0.1, 0.15) is 2.85 Å². The minimum atomic E-state index is -4.64. The first-order valence-corrected chi connectivity index (χ1v) is 2.35. The molecule has 15 heteroatoms. The van der Waals surface area contributed by atoms with Gasteiger partial charge in [-0.15, -0.1) is 0 Å². The Bertz CT molecular complexity index is 73.6. The van der Waals surface area contributed by atoms with Gasteiger partial charge < -0.3 is 62.0 Å². The van der Waals surface area contributed by atoms with Crippen molar-refractivity contribution in [1.29, 1.82) is 0 Å². The Labute approximate surface area is 133 Å². The quantitative estimate of drug-likeness (QED) is 0.248. The second kappa shape index (κ2) is 56.9. The SMILES string of the molecule is N.O.O.O.O.O.O.O.O=P(O)(O)O.[H-].[H-].[Na+].[Na+]. The molecule has 0 aromatic carbocycles. The Morgan fingerprint density at radius 3 is 0.667 bits per heavy atom. The van der Waals surface area contributed by atoms with E-state index in [4.69, 9.17) is 19.2 Å². The smallest absolute Gasteiger partial charge is 1.00 e. The van der Waals surface area contributed by atoms with E-state index in [0.717, 1.165) is 0 Å². The van der Waals surface area contributed by atoms with Crippen molar-refractivity contribution in [3.05, 3.63) is 0 Å². The van der Waals surface area contributed by atoms with Crippen LogP contribution in [0.3, 0.4) is 0 Å². The molecule has 0 amide bonds. The van der Waals surface area contributed by atoms with E-state index >= 15 is 0 Å². The van der Waals surface area contributed by atoms with Gasteiger partial charge in [-0.05, 0) is 0 Å². The van der Waals surface area contributed by atoms with Gasteiger partial charge in [-0.25, -0.2) is 4.57 Å². The summed E-state index contributed by atoms with van der Waals surface area (Å²) in [5.41, 5.74) is 0. The first kappa shape index (κ1) is 125. The molecule has 0 aliphatic rings. The van der Waals surface area contributed by atoms with E-state index in [0.29, 0.717) is 0 Å². The van der Waals surface area contributed by atoms with Crippen molar-refractivity contribution in [2.24, 2.45) is 0 Å². The predicted octanol–water partition coefficient (Wildman–Crippen LogP) is -12.3. The van der Waals surface area contributed by atoms with E-state index in [-0.39, 0.29) is 106 Å². The van der Waals surface area contributed by atoms with E-state index in [9.17, 15) is 0 Å². The molecule has 0 fully saturated rings. The van der Waals surface area contributed by atoms with E-state index in [1.54, 1.807) is 0 Å². The maximum absolute atomic E-state index is 8.88. The molecule has 12 nitrogen and oxygen atoms in total. The van der Waals surface area contributed by atoms with Gasteiger partial charge in [0.05, 0.1) is 0 Å². The van der Waals surface area contributed by atoms with Crippen LogP contribution in [0.25, 0.3) is 0 Å². The third-order valence-electron chi connectivity index (χ3n) is 0. The molecule has 0 rings (SSSR count). The summed E-state index contributed by atoms with van der Waals surface area (Å²) in [6.45, 7) is 0. The minimum Gasteiger partial charge on any atom is -1.00 e. The zero-order chi connectivity index (χ0) is 4.50. The number of phosphoric acid groups is 1. The number of hydrogen-bond donors (Lipinski definition) is 4. The molecule has 0 aromatic rings. The molecular weight excluding hydrogens is 267 g/mol. The van der Waals surface area contributed by atoms with Crippen LogP contribution in [0.2, 0.25) is 0 Å². The third-order valence-corrected chi connectivity index (χ3v) is 0. The second-order valence-corrected chi connectivity index (χ2v) is 1.54. The minimum absolute atomic E-state index is 0. The molecule has 0 aliphatic heterocycles. The van der Waals surface area contributed by atoms with Crippen LogP contribution in [-0.4, -0.2) is 53.0 Å². The molecule has 15 heavy (non-hydrogen) atoms. The molecule has 0 saturated heterocycles. The van der Waals surface area contributed by atoms with Crippen LogP contribution >= 0.6 is 7.82 Å². The van der Waals surface area contributed by atoms with Gasteiger partial charge >= 0.3 is 66.9 Å². The molecule has 20 N–H and O–H groups in total. The first-order valence-electron chi connectivity index (χ1n) is 0.783. The standard InChI is InChI=1S/H3N.2Na.H3O4P.7H2O.2H/c;;;1-5(2,3)4;;;;;;;;;/h1H3;;;(H3,1,2,3,4);7*1H2;;/q;2*+1;;;;;;;;;2*-1. The Balaban J connectivity index is -0.00000000121. The van der Waals surface area contributed by atoms with Gasteiger partial charge in [-0.2, -0.15) is 0 Å². The summed E-state index contributed by atoms with van der Waals surface area (Å²) >= 11 is 0. The van der Waals surface area contributed by atoms with Crippen LogP contribution < -0.4 is 65.3 Å². The van der Waals surface area contributed by atoms with E-state index in [2.05, 4.69) is 0 Å². The summed E-state index contributed by atoms with van der Waals surface area (Å²) in [6.07, 6.45) is 0. The molecule has 0 bridgehead atoms. The van der Waals surface area contributed by atoms with Crippen LogP contribution in [0, 0.1) is 0 Å². The van der Waals surface area contributed by atoms with E-state index in [1.165, 1.54) is 0 Å². The average molecular weight is 289 g/mol. The molecule has 0 heterocycles. The molecule has 0 aromatic heterocycles. The summed E-state index contributed by atoms with van der Waals surface area (Å²) in [7, 11) is -4.64. The Kier molecular flexibility index (Phi) is 474. The first-order chi connectivity index (χ1) is 2.00. The Morgan fingerprint density at radius 1 is 0.667 bits per heavy atom. The predicted molar refractivity (Wildman–Crippen MR) is 46.8 cm³/mol. The largest absolute Gasteiger partial charge is 1.00 e. The topological polar surface area (TPSA) is 333 Å². The number of hydrogen-bond acceptors (Lipinski definition) is 2. The maximum atomic E-state index is 8.88. The van der Waals surface area contributed by atoms with Gasteiger partial charge in [0.1, 0.15) is 0 Å². The fraction of sp³-hybridized carbons (Fsp3) is 0. The molecule has 0 atom stereocenters. The van der Waals surface area contributed by atoms with Crippen LogP contribution in [0.15, 0.2) is 0 Å². The van der Waals surface area contributed by atoms with Crippen molar-refractivity contribution < 1.29 is 120 Å². The zero-order valence-corrected chi connectivity index (χ0v) is 13.3. The summed E-state index contributed by atoms with van der Waals surface area (Å²) in [4.78, 5) is 21.6. The summed E-state index contributed by atoms with van der Waals surface area (Å²) < 4.78 is 8.88. The van der Waals surface area contributed by atoms with E-state index < -0.39 is 7.82 Å². The summed E-state index contributed by atoms with van der Waals surface area (Å²) in [5.74, 6) is 0. The average Bonchev–Trinajstić information content (AvgIpc) is 0.722. The molecule has 0 radical (unpaired) electrons. The third kappa shape index (κ3) is 937. The Hall–Kier alpha value is 1.79. The second-order valence-electron chi connectivity index (χ2n) is 0.513. The maximum Gasteiger partial charge on any atom is 1.00 e. The number of rotatable bonds is 0. The summed E-state index contributed by atoms with van der Waals surface area (Å²) in [5, 5.41) is 0. The van der Waals surface area contributed by atoms with Crippen molar-refractivity contribution in [3.8, 4) is 0 Å². The van der Waals surface area contributed by atoms with Gasteiger partial charge in [-0.3, -0.25) is 0 Å². The molecule has 0 aliphatic carbocycles. The van der Waals surface area contributed by atoms with Gasteiger partial charge in [-0.1, -0.05) is 0 Å². The van der Waals surface area contributed by atoms with Gasteiger partial charge in [0.15, 0.2) is 0 Å². The molecule has 0 spiro atoms. The molecule has 0 unspecified atom stereocenters. The zero-order valence-electron chi connectivity index (χ0n) is 10.4. The van der Waals surface area contributed by atoms with Crippen molar-refractivity contribution in [1.82, 2.24) is 6.15 Å². The molecular formula is H22NNa2O11P. The van der Waals surface area contributed by atoms with Gasteiger partial charge in [0.2, 0.25) is 0 Å². The van der Waals surface area contributed by atoms with Crippen molar-refractivity contribution >= 4 is 7.82 Å². The monoisotopic (exact) mass is 289 g/mol. The molecule has 0 saturated carbocycles. The fourth-order valence-electron chi connectivity index (χ4n) is 0. The normalized spacial score (nSPS) is 3.93.